The van der Waals surface area contributed by atoms with Gasteiger partial charge in [-0.05, 0) is 46.8 Å². The summed E-state index contributed by atoms with van der Waals surface area (Å²) in [5.41, 5.74) is 0.461. The zero-order chi connectivity index (χ0) is 15.3. The number of benzene rings is 1. The summed E-state index contributed by atoms with van der Waals surface area (Å²) in [6.07, 6.45) is 4.15. The first kappa shape index (κ1) is 16.5. The van der Waals surface area contributed by atoms with Gasteiger partial charge in [0, 0.05) is 10.0 Å². The number of carbonyl (C=O) groups excluding carboxylic acids is 1. The third kappa shape index (κ3) is 4.53. The number of anilines is 1. The first-order chi connectivity index (χ1) is 10.0. The van der Waals surface area contributed by atoms with Gasteiger partial charge in [-0.25, -0.2) is 0 Å². The van der Waals surface area contributed by atoms with Crippen LogP contribution in [0.2, 0.25) is 0 Å². The van der Waals surface area contributed by atoms with Gasteiger partial charge in [0.1, 0.15) is 0 Å². The number of aliphatic hydroxyl groups is 1. The van der Waals surface area contributed by atoms with Crippen molar-refractivity contribution < 1.29 is 9.90 Å². The Morgan fingerprint density at radius 3 is 2.90 bits per heavy atom. The van der Waals surface area contributed by atoms with Crippen molar-refractivity contribution in [1.82, 2.24) is 5.32 Å². The van der Waals surface area contributed by atoms with E-state index in [0.29, 0.717) is 5.92 Å². The molecule has 1 aliphatic carbocycles. The number of rotatable bonds is 5. The fourth-order valence-corrected chi connectivity index (χ4v) is 3.43. The lowest BCUT2D eigenvalue weighted by molar-refractivity contribution is -0.116. The monoisotopic (exact) mass is 354 g/mol. The van der Waals surface area contributed by atoms with Gasteiger partial charge in [0.25, 0.3) is 0 Å². The van der Waals surface area contributed by atoms with Crippen LogP contribution < -0.4 is 10.6 Å². The van der Waals surface area contributed by atoms with E-state index >= 15 is 0 Å². The Labute approximate surface area is 134 Å². The van der Waals surface area contributed by atoms with Crippen molar-refractivity contribution >= 4 is 27.5 Å². The Kier molecular flexibility index (Phi) is 5.79. The van der Waals surface area contributed by atoms with Crippen molar-refractivity contribution in [3.05, 3.63) is 28.7 Å². The zero-order valence-electron chi connectivity index (χ0n) is 12.4. The number of carbonyl (C=O) groups is 1. The zero-order valence-corrected chi connectivity index (χ0v) is 13.9. The van der Waals surface area contributed by atoms with Gasteiger partial charge in [0.15, 0.2) is 0 Å². The van der Waals surface area contributed by atoms with Crippen molar-refractivity contribution in [1.29, 1.82) is 0 Å². The lowest BCUT2D eigenvalue weighted by atomic mass is 9.77. The summed E-state index contributed by atoms with van der Waals surface area (Å²) in [4.78, 5) is 12.1. The molecule has 116 valence electrons. The summed E-state index contributed by atoms with van der Waals surface area (Å²) >= 11 is 3.41. The van der Waals surface area contributed by atoms with Gasteiger partial charge in [0.05, 0.1) is 18.8 Å². The van der Waals surface area contributed by atoms with Crippen molar-refractivity contribution in [3.8, 4) is 0 Å². The first-order valence-corrected chi connectivity index (χ1v) is 8.24. The van der Waals surface area contributed by atoms with Crippen molar-refractivity contribution in [2.24, 2.45) is 5.92 Å². The molecule has 0 saturated heterocycles. The van der Waals surface area contributed by atoms with Gasteiger partial charge in [-0.15, -0.1) is 0 Å². The summed E-state index contributed by atoms with van der Waals surface area (Å²) in [7, 11) is 0. The minimum absolute atomic E-state index is 0.0830. The van der Waals surface area contributed by atoms with Crippen LogP contribution in [-0.4, -0.2) is 29.7 Å². The molecule has 2 unspecified atom stereocenters. The smallest absolute Gasteiger partial charge is 0.238 e. The van der Waals surface area contributed by atoms with E-state index in [1.165, 1.54) is 6.42 Å². The number of hydrogen-bond acceptors (Lipinski definition) is 3. The molecule has 0 heterocycles. The fourth-order valence-electron chi connectivity index (χ4n) is 3.04. The third-order valence-electron chi connectivity index (χ3n) is 4.17. The van der Waals surface area contributed by atoms with Crippen molar-refractivity contribution in [3.63, 3.8) is 0 Å². The average Bonchev–Trinajstić information content (AvgIpc) is 2.48. The summed E-state index contributed by atoms with van der Waals surface area (Å²) in [5.74, 6) is 0.498. The van der Waals surface area contributed by atoms with Crippen LogP contribution in [0.5, 0.6) is 0 Å². The number of nitrogens with one attached hydrogen (secondary N) is 2. The Hall–Kier alpha value is -0.910. The van der Waals surface area contributed by atoms with Crippen molar-refractivity contribution in [2.75, 3.05) is 18.5 Å². The van der Waals surface area contributed by atoms with Gasteiger partial charge in [-0.2, -0.15) is 0 Å². The van der Waals surface area contributed by atoms with Gasteiger partial charge < -0.3 is 15.7 Å². The molecule has 0 bridgehead atoms. The predicted octanol–water partition coefficient (Wildman–Crippen LogP) is 2.92. The molecule has 5 heteroatoms. The lowest BCUT2D eigenvalue weighted by Crippen LogP contribution is -2.53. The lowest BCUT2D eigenvalue weighted by Gasteiger charge is -2.39. The third-order valence-corrected chi connectivity index (χ3v) is 4.86. The standard InChI is InChI=1S/C16H23BrN2O2/c1-12-5-4-8-16(9-12,11-20)18-10-15(21)19-14-7-3-2-6-13(14)17/h2-3,6-7,12,18,20H,4-5,8-11H2,1H3,(H,19,21). The number of aliphatic hydroxyl groups excluding tert-OH is 1. The maximum atomic E-state index is 12.1. The number of hydrogen-bond donors (Lipinski definition) is 3. The normalized spacial score (nSPS) is 25.6. The molecular formula is C16H23BrN2O2. The van der Waals surface area contributed by atoms with Crippen LogP contribution in [0.3, 0.4) is 0 Å². The minimum Gasteiger partial charge on any atom is -0.394 e. The molecule has 21 heavy (non-hydrogen) atoms. The van der Waals surface area contributed by atoms with Crippen LogP contribution in [0.25, 0.3) is 0 Å². The van der Waals surface area contributed by atoms with E-state index in [1.54, 1.807) is 0 Å². The second-order valence-corrected chi connectivity index (χ2v) is 6.88. The Morgan fingerprint density at radius 2 is 2.24 bits per heavy atom. The van der Waals surface area contributed by atoms with E-state index in [1.807, 2.05) is 24.3 Å². The molecule has 0 aromatic heterocycles. The van der Waals surface area contributed by atoms with E-state index < -0.39 is 0 Å². The molecule has 1 aromatic rings. The van der Waals surface area contributed by atoms with Crippen LogP contribution in [0, 0.1) is 5.92 Å². The minimum atomic E-state index is -0.303. The summed E-state index contributed by atoms with van der Waals surface area (Å²) in [6.45, 7) is 2.50. The molecule has 2 rings (SSSR count). The second-order valence-electron chi connectivity index (χ2n) is 6.02. The molecular weight excluding hydrogens is 332 g/mol. The summed E-state index contributed by atoms with van der Waals surface area (Å²) < 4.78 is 0.863. The SMILES string of the molecule is CC1CCCC(CO)(NCC(=O)Nc2ccccc2Br)C1. The van der Waals surface area contributed by atoms with E-state index in [4.69, 9.17) is 0 Å². The molecule has 3 N–H and O–H groups in total. The van der Waals surface area contributed by atoms with E-state index in [9.17, 15) is 9.90 Å². The Balaban J connectivity index is 1.89. The topological polar surface area (TPSA) is 61.4 Å². The summed E-state index contributed by atoms with van der Waals surface area (Å²) in [5, 5.41) is 15.9. The molecule has 4 nitrogen and oxygen atoms in total. The summed E-state index contributed by atoms with van der Waals surface area (Å²) in [6, 6.07) is 7.53. The van der Waals surface area contributed by atoms with Gasteiger partial charge in [-0.1, -0.05) is 31.9 Å². The van der Waals surface area contributed by atoms with E-state index in [-0.39, 0.29) is 24.6 Å². The van der Waals surface area contributed by atoms with Crippen LogP contribution >= 0.6 is 15.9 Å². The quantitative estimate of drug-likeness (QED) is 0.761. The highest BCUT2D eigenvalue weighted by molar-refractivity contribution is 9.10. The molecule has 1 saturated carbocycles. The number of halogens is 1. The Bertz CT molecular complexity index is 495. The largest absolute Gasteiger partial charge is 0.394 e. The average molecular weight is 355 g/mol. The molecule has 0 aliphatic heterocycles. The molecule has 1 fully saturated rings. The molecule has 0 radical (unpaired) electrons. The predicted molar refractivity (Wildman–Crippen MR) is 88.2 cm³/mol. The molecule has 1 aliphatic rings. The fraction of sp³-hybridized carbons (Fsp3) is 0.562. The second kappa shape index (κ2) is 7.38. The number of para-hydroxylation sites is 1. The number of amides is 1. The van der Waals surface area contributed by atoms with Crippen molar-refractivity contribution in [2.45, 2.75) is 38.1 Å². The maximum Gasteiger partial charge on any atom is 0.238 e. The van der Waals surface area contributed by atoms with Gasteiger partial charge >= 0.3 is 0 Å². The van der Waals surface area contributed by atoms with Crippen LogP contribution in [0.1, 0.15) is 32.6 Å². The molecule has 2 atom stereocenters. The van der Waals surface area contributed by atoms with E-state index in [2.05, 4.69) is 33.5 Å². The highest BCUT2D eigenvalue weighted by atomic mass is 79.9. The van der Waals surface area contributed by atoms with Crippen LogP contribution in [0.15, 0.2) is 28.7 Å². The van der Waals surface area contributed by atoms with Crippen LogP contribution in [-0.2, 0) is 4.79 Å². The van der Waals surface area contributed by atoms with Gasteiger partial charge in [-0.3, -0.25) is 4.79 Å². The van der Waals surface area contributed by atoms with Crippen LogP contribution in [0.4, 0.5) is 5.69 Å². The highest BCUT2D eigenvalue weighted by Crippen LogP contribution is 2.31. The van der Waals surface area contributed by atoms with Gasteiger partial charge in [0.2, 0.25) is 5.91 Å². The highest BCUT2D eigenvalue weighted by Gasteiger charge is 2.34. The van der Waals surface area contributed by atoms with E-state index in [0.717, 1.165) is 29.4 Å². The maximum absolute atomic E-state index is 12.1. The molecule has 1 aromatic carbocycles. The molecule has 1 amide bonds. The first-order valence-electron chi connectivity index (χ1n) is 7.45. The Morgan fingerprint density at radius 1 is 1.48 bits per heavy atom. The molecule has 0 spiro atoms.